The minimum Gasteiger partial charge on any atom is -0.354 e. The maximum Gasteiger partial charge on any atom is 0.254 e. The molecule has 1 unspecified atom stereocenters. The van der Waals surface area contributed by atoms with Gasteiger partial charge in [0.2, 0.25) is 5.91 Å². The van der Waals surface area contributed by atoms with E-state index in [1.807, 2.05) is 0 Å². The van der Waals surface area contributed by atoms with Gasteiger partial charge in [-0.15, -0.1) is 12.3 Å². The normalized spacial score (nSPS) is 19.5. The number of benzene rings is 1. The third kappa shape index (κ3) is 3.58. The van der Waals surface area contributed by atoms with Crippen LogP contribution in [0.1, 0.15) is 42.5 Å². The lowest BCUT2D eigenvalue weighted by Crippen LogP contribution is -2.46. The molecule has 9 heteroatoms. The summed E-state index contributed by atoms with van der Waals surface area (Å²) in [6.07, 6.45) is 8.69. The van der Waals surface area contributed by atoms with E-state index in [0.29, 0.717) is 55.4 Å². The van der Waals surface area contributed by atoms with Crippen LogP contribution in [0.4, 0.5) is 0 Å². The van der Waals surface area contributed by atoms with Gasteiger partial charge in [-0.1, -0.05) is 0 Å². The number of fused-ring (bicyclic) bond motifs is 1. The topological polar surface area (TPSA) is 116 Å². The van der Waals surface area contributed by atoms with E-state index in [9.17, 15) is 9.59 Å². The second kappa shape index (κ2) is 7.38. The van der Waals surface area contributed by atoms with E-state index in [2.05, 4.69) is 36.9 Å². The predicted molar refractivity (Wildman–Crippen MR) is 101 cm³/mol. The first-order chi connectivity index (χ1) is 13.6. The molecule has 2 N–H and O–H groups in total. The van der Waals surface area contributed by atoms with Crippen molar-refractivity contribution in [3.05, 3.63) is 23.8 Å². The van der Waals surface area contributed by atoms with Crippen LogP contribution >= 0.6 is 0 Å². The first-order valence-corrected chi connectivity index (χ1v) is 9.39. The number of likely N-dealkylation sites (tertiary alicyclic amines) is 1. The summed E-state index contributed by atoms with van der Waals surface area (Å²) >= 11 is 0. The van der Waals surface area contributed by atoms with Gasteiger partial charge in [0, 0.05) is 37.9 Å². The van der Waals surface area contributed by atoms with Crippen molar-refractivity contribution >= 4 is 22.8 Å². The van der Waals surface area contributed by atoms with Crippen LogP contribution in [0.15, 0.2) is 28.4 Å². The number of nitrogens with zero attached hydrogens (tertiary/aromatic N) is 5. The van der Waals surface area contributed by atoms with Gasteiger partial charge in [0.15, 0.2) is 5.66 Å². The highest BCUT2D eigenvalue weighted by Crippen LogP contribution is 2.36. The zero-order chi connectivity index (χ0) is 19.6. The van der Waals surface area contributed by atoms with Crippen LogP contribution in [0.5, 0.6) is 0 Å². The van der Waals surface area contributed by atoms with Crippen LogP contribution in [-0.4, -0.2) is 56.9 Å². The molecule has 0 aliphatic carbocycles. The third-order valence-corrected chi connectivity index (χ3v) is 5.26. The number of carbonyl (C=O) groups excluding carboxylic acids is 2. The van der Waals surface area contributed by atoms with Crippen LogP contribution < -0.4 is 5.32 Å². The number of hydrogen-bond acceptors (Lipinski definition) is 6. The Morgan fingerprint density at radius 1 is 1.29 bits per heavy atom. The molecule has 3 heterocycles. The van der Waals surface area contributed by atoms with Gasteiger partial charge in [0.05, 0.1) is 0 Å². The van der Waals surface area contributed by atoms with E-state index in [4.69, 9.17) is 6.42 Å². The molecule has 2 aromatic rings. The minimum absolute atomic E-state index is 0.138. The van der Waals surface area contributed by atoms with E-state index in [0.717, 1.165) is 6.42 Å². The molecule has 2 aliphatic rings. The number of carbonyl (C=O) groups is 2. The monoisotopic (exact) mass is 379 g/mol. The minimum atomic E-state index is -0.463. The van der Waals surface area contributed by atoms with Gasteiger partial charge in [0.1, 0.15) is 17.1 Å². The highest BCUT2D eigenvalue weighted by atomic mass is 16.2. The number of aromatic amines is 1. The van der Waals surface area contributed by atoms with Crippen LogP contribution in [0.2, 0.25) is 0 Å². The molecule has 0 bridgehead atoms. The molecule has 1 atom stereocenters. The Hall–Kier alpha value is -3.28. The largest absolute Gasteiger partial charge is 0.354 e. The van der Waals surface area contributed by atoms with Gasteiger partial charge in [-0.2, -0.15) is 25.6 Å². The van der Waals surface area contributed by atoms with E-state index in [1.165, 1.54) is 0 Å². The van der Waals surface area contributed by atoms with E-state index < -0.39 is 11.7 Å². The van der Waals surface area contributed by atoms with Gasteiger partial charge < -0.3 is 10.2 Å². The highest BCUT2D eigenvalue weighted by Gasteiger charge is 2.39. The zero-order valence-corrected chi connectivity index (χ0v) is 15.4. The molecule has 28 heavy (non-hydrogen) atoms. The first kappa shape index (κ1) is 18.1. The molecule has 144 valence electrons. The number of hydrogen-bond donors (Lipinski definition) is 2. The highest BCUT2D eigenvalue weighted by molar-refractivity contribution is 6.00. The van der Waals surface area contributed by atoms with Gasteiger partial charge in [-0.05, 0) is 31.0 Å². The Bertz CT molecular complexity index is 968. The zero-order valence-electron chi connectivity index (χ0n) is 15.4. The summed E-state index contributed by atoms with van der Waals surface area (Å²) in [4.78, 5) is 27.2. The lowest BCUT2D eigenvalue weighted by Gasteiger charge is -2.24. The second-order valence-electron chi connectivity index (χ2n) is 7.11. The molecule has 2 amide bonds. The van der Waals surface area contributed by atoms with Crippen molar-refractivity contribution in [3.63, 3.8) is 0 Å². The summed E-state index contributed by atoms with van der Waals surface area (Å²) in [6.45, 7) is 1.02. The third-order valence-electron chi connectivity index (χ3n) is 5.26. The molecular weight excluding hydrogens is 358 g/mol. The number of amides is 2. The van der Waals surface area contributed by atoms with Gasteiger partial charge >= 0.3 is 0 Å². The fourth-order valence-corrected chi connectivity index (χ4v) is 3.59. The average molecular weight is 379 g/mol. The summed E-state index contributed by atoms with van der Waals surface area (Å²) in [5.41, 5.74) is 1.41. The summed E-state index contributed by atoms with van der Waals surface area (Å²) in [7, 11) is 0. The van der Waals surface area contributed by atoms with Crippen LogP contribution in [-0.2, 0) is 4.79 Å². The average Bonchev–Trinajstić information content (AvgIpc) is 3.11. The lowest BCUT2D eigenvalue weighted by molar-refractivity contribution is -0.124. The fraction of sp³-hybridized carbons (Fsp3) is 0.474. The number of rotatable bonds is 7. The van der Waals surface area contributed by atoms with Crippen molar-refractivity contribution in [2.45, 2.75) is 43.8 Å². The smallest absolute Gasteiger partial charge is 0.254 e. The number of terminal acetylenes is 1. The van der Waals surface area contributed by atoms with Crippen molar-refractivity contribution in [2.75, 3.05) is 13.1 Å². The Morgan fingerprint density at radius 3 is 2.89 bits per heavy atom. The number of H-pyrrole nitrogens is 1. The molecule has 0 radical (unpaired) electrons. The van der Waals surface area contributed by atoms with Gasteiger partial charge in [0.25, 0.3) is 5.91 Å². The standard InChI is InChI=1S/C19H21N7O2/c1-2-3-8-19(23-24-19)9-10-20-17(27)16-5-4-11-26(16)18(28)13-6-7-14-15(12-13)22-25-21-14/h1,6-7,12,16H,3-5,8-11H2,(H,20,27)(H,21,22,25). The molecule has 4 rings (SSSR count). The van der Waals surface area contributed by atoms with Crippen LogP contribution in [0.3, 0.4) is 0 Å². The Labute approximate surface area is 162 Å². The van der Waals surface area contributed by atoms with E-state index >= 15 is 0 Å². The van der Waals surface area contributed by atoms with Crippen molar-refractivity contribution in [1.82, 2.24) is 25.6 Å². The van der Waals surface area contributed by atoms with Gasteiger partial charge in [-0.3, -0.25) is 9.59 Å². The second-order valence-corrected chi connectivity index (χ2v) is 7.11. The Kier molecular flexibility index (Phi) is 4.77. The predicted octanol–water partition coefficient (Wildman–Crippen LogP) is 1.64. The molecule has 0 spiro atoms. The SMILES string of the molecule is C#CCCC1(CCNC(=O)C2CCCN2C(=O)c2ccc3n[nH]nc3c2)N=N1. The maximum absolute atomic E-state index is 12.9. The van der Waals surface area contributed by atoms with Crippen molar-refractivity contribution in [1.29, 1.82) is 0 Å². The summed E-state index contributed by atoms with van der Waals surface area (Å²) < 4.78 is 0. The molecule has 1 fully saturated rings. The summed E-state index contributed by atoms with van der Waals surface area (Å²) in [5, 5.41) is 21.6. The van der Waals surface area contributed by atoms with Crippen molar-refractivity contribution < 1.29 is 9.59 Å². The van der Waals surface area contributed by atoms with Crippen molar-refractivity contribution in [3.8, 4) is 12.3 Å². The maximum atomic E-state index is 12.9. The van der Waals surface area contributed by atoms with E-state index in [-0.39, 0.29) is 11.8 Å². The molecular formula is C19H21N7O2. The fourth-order valence-electron chi connectivity index (χ4n) is 3.59. The number of nitrogens with one attached hydrogen (secondary N) is 2. The number of aromatic nitrogens is 3. The molecule has 1 saturated heterocycles. The molecule has 9 nitrogen and oxygen atoms in total. The summed E-state index contributed by atoms with van der Waals surface area (Å²) in [5.74, 6) is 2.28. The Balaban J connectivity index is 1.35. The summed E-state index contributed by atoms with van der Waals surface area (Å²) in [6, 6.07) is 4.69. The van der Waals surface area contributed by atoms with Gasteiger partial charge in [-0.25, -0.2) is 0 Å². The first-order valence-electron chi connectivity index (χ1n) is 9.39. The van der Waals surface area contributed by atoms with Crippen LogP contribution in [0.25, 0.3) is 11.0 Å². The quantitative estimate of drug-likeness (QED) is 0.712. The molecule has 1 aromatic carbocycles. The van der Waals surface area contributed by atoms with Crippen molar-refractivity contribution in [2.24, 2.45) is 10.2 Å². The molecule has 2 aliphatic heterocycles. The van der Waals surface area contributed by atoms with Crippen LogP contribution in [0, 0.1) is 12.3 Å². The Morgan fingerprint density at radius 2 is 2.11 bits per heavy atom. The van der Waals surface area contributed by atoms with E-state index in [1.54, 1.807) is 23.1 Å². The lowest BCUT2D eigenvalue weighted by atomic mass is 10.0. The molecule has 0 saturated carbocycles. The molecule has 1 aromatic heterocycles.